The standard InChI is InChI=1S/C16H19N3O2S/c1-11-10-22-15(18-11)12-4-2-5-13(8-12)19-16(20)17-9-14-6-3-7-21-14/h2,4-5,8,10,14H,3,6-7,9H2,1H3,(H2,17,19,20)/t14-/m0/s1. The molecule has 0 spiro atoms. The summed E-state index contributed by atoms with van der Waals surface area (Å²) in [7, 11) is 0. The van der Waals surface area contributed by atoms with Gasteiger partial charge in [0, 0.05) is 35.5 Å². The number of carbonyl (C=O) groups excluding carboxylic acids is 1. The Morgan fingerprint density at radius 2 is 2.41 bits per heavy atom. The molecule has 1 fully saturated rings. The first-order valence-electron chi connectivity index (χ1n) is 7.40. The molecule has 6 heteroatoms. The maximum Gasteiger partial charge on any atom is 0.319 e. The van der Waals surface area contributed by atoms with E-state index in [1.807, 2.05) is 36.6 Å². The molecular formula is C16H19N3O2S. The van der Waals surface area contributed by atoms with Gasteiger partial charge in [0.05, 0.1) is 6.10 Å². The Morgan fingerprint density at radius 3 is 3.14 bits per heavy atom. The molecule has 2 aromatic rings. The zero-order valence-electron chi connectivity index (χ0n) is 12.5. The fourth-order valence-electron chi connectivity index (χ4n) is 2.40. The monoisotopic (exact) mass is 317 g/mol. The average molecular weight is 317 g/mol. The molecule has 1 aromatic heterocycles. The van der Waals surface area contributed by atoms with Crippen molar-refractivity contribution in [1.29, 1.82) is 0 Å². The van der Waals surface area contributed by atoms with Crippen LogP contribution >= 0.6 is 11.3 Å². The molecule has 1 aliphatic heterocycles. The molecule has 0 bridgehead atoms. The van der Waals surface area contributed by atoms with E-state index in [2.05, 4.69) is 15.6 Å². The minimum absolute atomic E-state index is 0.148. The van der Waals surface area contributed by atoms with Gasteiger partial charge in [0.1, 0.15) is 5.01 Å². The van der Waals surface area contributed by atoms with Crippen LogP contribution in [-0.2, 0) is 4.74 Å². The van der Waals surface area contributed by atoms with E-state index >= 15 is 0 Å². The highest BCUT2D eigenvalue weighted by atomic mass is 32.1. The van der Waals surface area contributed by atoms with E-state index in [1.165, 1.54) is 0 Å². The highest BCUT2D eigenvalue weighted by Crippen LogP contribution is 2.25. The van der Waals surface area contributed by atoms with Crippen LogP contribution in [-0.4, -0.2) is 30.3 Å². The smallest absolute Gasteiger partial charge is 0.319 e. The second kappa shape index (κ2) is 6.89. The molecule has 3 rings (SSSR count). The fourth-order valence-corrected chi connectivity index (χ4v) is 3.20. The van der Waals surface area contributed by atoms with Gasteiger partial charge in [-0.15, -0.1) is 11.3 Å². The van der Waals surface area contributed by atoms with Crippen molar-refractivity contribution in [3.63, 3.8) is 0 Å². The number of anilines is 1. The van der Waals surface area contributed by atoms with Gasteiger partial charge in [0.25, 0.3) is 0 Å². The Hall–Kier alpha value is -1.92. The second-order valence-corrected chi connectivity index (χ2v) is 6.20. The summed E-state index contributed by atoms with van der Waals surface area (Å²) < 4.78 is 5.48. The molecule has 116 valence electrons. The van der Waals surface area contributed by atoms with Crippen LogP contribution in [0.2, 0.25) is 0 Å². The number of urea groups is 1. The lowest BCUT2D eigenvalue weighted by Gasteiger charge is -2.12. The van der Waals surface area contributed by atoms with Crippen molar-refractivity contribution in [3.05, 3.63) is 35.3 Å². The van der Waals surface area contributed by atoms with Crippen LogP contribution in [0, 0.1) is 6.92 Å². The lowest BCUT2D eigenvalue weighted by Crippen LogP contribution is -2.35. The molecular weight excluding hydrogens is 298 g/mol. The highest BCUT2D eigenvalue weighted by molar-refractivity contribution is 7.13. The first-order chi connectivity index (χ1) is 10.7. The van der Waals surface area contributed by atoms with Crippen LogP contribution in [0.25, 0.3) is 10.6 Å². The fraction of sp³-hybridized carbons (Fsp3) is 0.375. The van der Waals surface area contributed by atoms with Crippen LogP contribution in [0.5, 0.6) is 0 Å². The molecule has 0 unspecified atom stereocenters. The SMILES string of the molecule is Cc1csc(-c2cccc(NC(=O)NC[C@@H]3CCCO3)c2)n1. The molecule has 0 aliphatic carbocycles. The van der Waals surface area contributed by atoms with E-state index in [0.717, 1.165) is 41.4 Å². The predicted octanol–water partition coefficient (Wildman–Crippen LogP) is 3.42. The minimum atomic E-state index is -0.206. The molecule has 22 heavy (non-hydrogen) atoms. The van der Waals surface area contributed by atoms with E-state index in [1.54, 1.807) is 11.3 Å². The highest BCUT2D eigenvalue weighted by Gasteiger charge is 2.16. The lowest BCUT2D eigenvalue weighted by molar-refractivity contribution is 0.112. The number of aromatic nitrogens is 1. The van der Waals surface area contributed by atoms with Gasteiger partial charge in [-0.1, -0.05) is 12.1 Å². The van der Waals surface area contributed by atoms with Crippen LogP contribution in [0.1, 0.15) is 18.5 Å². The van der Waals surface area contributed by atoms with Gasteiger partial charge in [0.15, 0.2) is 0 Å². The summed E-state index contributed by atoms with van der Waals surface area (Å²) in [6, 6.07) is 7.51. The molecule has 1 aliphatic rings. The quantitative estimate of drug-likeness (QED) is 0.908. The van der Waals surface area contributed by atoms with Crippen molar-refractivity contribution < 1.29 is 9.53 Å². The number of thiazole rings is 1. The van der Waals surface area contributed by atoms with Crippen LogP contribution in [0.3, 0.4) is 0 Å². The third-order valence-electron chi connectivity index (χ3n) is 3.50. The van der Waals surface area contributed by atoms with Crippen molar-refractivity contribution in [3.8, 4) is 10.6 Å². The molecule has 0 saturated carbocycles. The number of carbonyl (C=O) groups is 1. The van der Waals surface area contributed by atoms with Crippen LogP contribution in [0.4, 0.5) is 10.5 Å². The molecule has 2 heterocycles. The van der Waals surface area contributed by atoms with Gasteiger partial charge in [0.2, 0.25) is 0 Å². The summed E-state index contributed by atoms with van der Waals surface area (Å²) in [6.07, 6.45) is 2.23. The van der Waals surface area contributed by atoms with Crippen molar-refractivity contribution >= 4 is 23.1 Å². The average Bonchev–Trinajstić information content (AvgIpc) is 3.17. The first kappa shape index (κ1) is 15.0. The molecule has 1 aromatic carbocycles. The van der Waals surface area contributed by atoms with Crippen molar-refractivity contribution in [1.82, 2.24) is 10.3 Å². The molecule has 1 saturated heterocycles. The zero-order valence-corrected chi connectivity index (χ0v) is 13.3. The molecule has 2 amide bonds. The summed E-state index contributed by atoms with van der Waals surface area (Å²) in [5.74, 6) is 0. The number of benzene rings is 1. The Bertz CT molecular complexity index is 650. The van der Waals surface area contributed by atoms with Gasteiger partial charge in [-0.05, 0) is 31.9 Å². The Balaban J connectivity index is 1.58. The van der Waals surface area contributed by atoms with Crippen molar-refractivity contribution in [2.24, 2.45) is 0 Å². The number of ether oxygens (including phenoxy) is 1. The van der Waals surface area contributed by atoms with Crippen molar-refractivity contribution in [2.45, 2.75) is 25.9 Å². The van der Waals surface area contributed by atoms with Gasteiger partial charge in [-0.3, -0.25) is 0 Å². The molecule has 5 nitrogen and oxygen atoms in total. The van der Waals surface area contributed by atoms with E-state index in [9.17, 15) is 4.79 Å². The summed E-state index contributed by atoms with van der Waals surface area (Å²) in [5, 5.41) is 8.68. The van der Waals surface area contributed by atoms with E-state index in [-0.39, 0.29) is 12.1 Å². The maximum absolute atomic E-state index is 11.9. The normalized spacial score (nSPS) is 17.4. The number of nitrogens with one attached hydrogen (secondary N) is 2. The Morgan fingerprint density at radius 1 is 1.50 bits per heavy atom. The van der Waals surface area contributed by atoms with Gasteiger partial charge < -0.3 is 15.4 Å². The second-order valence-electron chi connectivity index (χ2n) is 5.34. The topological polar surface area (TPSA) is 63.2 Å². The number of amides is 2. The number of hydrogen-bond acceptors (Lipinski definition) is 4. The van der Waals surface area contributed by atoms with Gasteiger partial charge in [-0.2, -0.15) is 0 Å². The van der Waals surface area contributed by atoms with Gasteiger partial charge in [-0.25, -0.2) is 9.78 Å². The van der Waals surface area contributed by atoms with E-state index in [0.29, 0.717) is 6.54 Å². The summed E-state index contributed by atoms with van der Waals surface area (Å²) >= 11 is 1.60. The number of hydrogen-bond donors (Lipinski definition) is 2. The summed E-state index contributed by atoms with van der Waals surface area (Å²) in [6.45, 7) is 3.32. The van der Waals surface area contributed by atoms with Crippen LogP contribution < -0.4 is 10.6 Å². The number of aryl methyl sites for hydroxylation is 1. The lowest BCUT2D eigenvalue weighted by atomic mass is 10.2. The number of nitrogens with zero attached hydrogens (tertiary/aromatic N) is 1. The zero-order chi connectivity index (χ0) is 15.4. The molecule has 0 radical (unpaired) electrons. The molecule has 1 atom stereocenters. The van der Waals surface area contributed by atoms with E-state index < -0.39 is 0 Å². The largest absolute Gasteiger partial charge is 0.376 e. The molecule has 2 N–H and O–H groups in total. The summed E-state index contributed by atoms with van der Waals surface area (Å²) in [5.41, 5.74) is 2.78. The Kier molecular flexibility index (Phi) is 4.70. The van der Waals surface area contributed by atoms with Gasteiger partial charge >= 0.3 is 6.03 Å². The third kappa shape index (κ3) is 3.84. The van der Waals surface area contributed by atoms with Crippen LogP contribution in [0.15, 0.2) is 29.6 Å². The Labute approximate surface area is 133 Å². The summed E-state index contributed by atoms with van der Waals surface area (Å²) in [4.78, 5) is 16.4. The first-order valence-corrected chi connectivity index (χ1v) is 8.28. The van der Waals surface area contributed by atoms with Crippen molar-refractivity contribution in [2.75, 3.05) is 18.5 Å². The number of rotatable bonds is 4. The minimum Gasteiger partial charge on any atom is -0.376 e. The van der Waals surface area contributed by atoms with E-state index in [4.69, 9.17) is 4.74 Å². The third-order valence-corrected chi connectivity index (χ3v) is 4.51. The predicted molar refractivity (Wildman–Crippen MR) is 88.3 cm³/mol. The maximum atomic E-state index is 11.9.